The molecule has 0 unspecified atom stereocenters. The molecule has 1 aromatic heterocycles. The van der Waals surface area contributed by atoms with Gasteiger partial charge in [-0.05, 0) is 43.4 Å². The van der Waals surface area contributed by atoms with Crippen molar-refractivity contribution in [2.75, 3.05) is 13.7 Å². The molecule has 0 aliphatic carbocycles. The van der Waals surface area contributed by atoms with Gasteiger partial charge >= 0.3 is 0 Å². The maximum Gasteiger partial charge on any atom is 0.213 e. The molecule has 3 heteroatoms. The van der Waals surface area contributed by atoms with Crippen LogP contribution in [0.2, 0.25) is 0 Å². The second kappa shape index (κ2) is 8.16. The van der Waals surface area contributed by atoms with Crippen LogP contribution in [0.5, 0.6) is 5.88 Å². The van der Waals surface area contributed by atoms with Crippen molar-refractivity contribution < 1.29 is 4.74 Å². The summed E-state index contributed by atoms with van der Waals surface area (Å²) in [7, 11) is 1.96. The Hall–Kier alpha value is -1.09. The Labute approximate surface area is 117 Å². The van der Waals surface area contributed by atoms with Gasteiger partial charge in [0.1, 0.15) is 0 Å². The lowest BCUT2D eigenvalue weighted by atomic mass is 10.1. The van der Waals surface area contributed by atoms with E-state index in [1.165, 1.54) is 12.0 Å². The van der Waals surface area contributed by atoms with Crippen LogP contribution in [0.15, 0.2) is 12.1 Å². The molecular formula is C16H28N2O. The highest BCUT2D eigenvalue weighted by Crippen LogP contribution is 2.19. The van der Waals surface area contributed by atoms with Crippen LogP contribution in [0.25, 0.3) is 0 Å². The van der Waals surface area contributed by atoms with Gasteiger partial charge in [-0.3, -0.25) is 0 Å². The molecule has 0 aliphatic rings. The van der Waals surface area contributed by atoms with E-state index in [4.69, 9.17) is 4.74 Å². The number of nitrogens with zero attached hydrogens (tertiary/aromatic N) is 1. The molecule has 0 spiro atoms. The standard InChI is InChI=1S/C16H28N2O/c1-12(2)7-6-8-19-16-10-14(11-17-5)9-15(18-16)13(3)4/h9-10,12-13,17H,6-8,11H2,1-5H3. The third kappa shape index (κ3) is 6.06. The maximum atomic E-state index is 5.80. The zero-order chi connectivity index (χ0) is 14.3. The summed E-state index contributed by atoms with van der Waals surface area (Å²) in [4.78, 5) is 4.58. The van der Waals surface area contributed by atoms with Gasteiger partial charge < -0.3 is 10.1 Å². The topological polar surface area (TPSA) is 34.1 Å². The highest BCUT2D eigenvalue weighted by atomic mass is 16.5. The summed E-state index contributed by atoms with van der Waals surface area (Å²) in [6, 6.07) is 4.19. The van der Waals surface area contributed by atoms with Crippen molar-refractivity contribution in [3.8, 4) is 5.88 Å². The Morgan fingerprint density at radius 1 is 1.21 bits per heavy atom. The molecule has 0 atom stereocenters. The minimum Gasteiger partial charge on any atom is -0.478 e. The van der Waals surface area contributed by atoms with Crippen molar-refractivity contribution in [2.45, 2.75) is 53.0 Å². The smallest absolute Gasteiger partial charge is 0.213 e. The molecule has 0 saturated heterocycles. The van der Waals surface area contributed by atoms with Crippen molar-refractivity contribution in [1.82, 2.24) is 10.3 Å². The normalized spacial score (nSPS) is 11.3. The number of hydrogen-bond acceptors (Lipinski definition) is 3. The van der Waals surface area contributed by atoms with E-state index in [-0.39, 0.29) is 0 Å². The summed E-state index contributed by atoms with van der Waals surface area (Å²) in [5.74, 6) is 1.92. The summed E-state index contributed by atoms with van der Waals surface area (Å²) in [5.41, 5.74) is 2.34. The fraction of sp³-hybridized carbons (Fsp3) is 0.688. The van der Waals surface area contributed by atoms with Gasteiger partial charge in [0.15, 0.2) is 0 Å². The average molecular weight is 264 g/mol. The fourth-order valence-corrected chi connectivity index (χ4v) is 1.93. The Morgan fingerprint density at radius 3 is 2.53 bits per heavy atom. The Kier molecular flexibility index (Phi) is 6.85. The first-order chi connectivity index (χ1) is 9.02. The molecule has 1 N–H and O–H groups in total. The van der Waals surface area contributed by atoms with E-state index in [1.54, 1.807) is 0 Å². The number of ether oxygens (including phenoxy) is 1. The Balaban J connectivity index is 2.65. The van der Waals surface area contributed by atoms with E-state index in [9.17, 15) is 0 Å². The molecule has 3 nitrogen and oxygen atoms in total. The summed E-state index contributed by atoms with van der Waals surface area (Å²) < 4.78 is 5.80. The predicted molar refractivity (Wildman–Crippen MR) is 80.7 cm³/mol. The first-order valence-corrected chi connectivity index (χ1v) is 7.31. The third-order valence-electron chi connectivity index (χ3n) is 3.03. The fourth-order valence-electron chi connectivity index (χ4n) is 1.93. The predicted octanol–water partition coefficient (Wildman–Crippen LogP) is 3.74. The van der Waals surface area contributed by atoms with Crippen LogP contribution in [-0.2, 0) is 6.54 Å². The Morgan fingerprint density at radius 2 is 1.95 bits per heavy atom. The summed E-state index contributed by atoms with van der Waals surface area (Å²) in [6.45, 7) is 10.4. The molecule has 0 fully saturated rings. The van der Waals surface area contributed by atoms with Gasteiger partial charge in [0.25, 0.3) is 0 Å². The van der Waals surface area contributed by atoms with Crippen molar-refractivity contribution >= 4 is 0 Å². The van der Waals surface area contributed by atoms with Gasteiger partial charge in [0, 0.05) is 18.3 Å². The van der Waals surface area contributed by atoms with Gasteiger partial charge in [-0.25, -0.2) is 4.98 Å². The molecule has 0 aliphatic heterocycles. The molecule has 0 saturated carbocycles. The monoisotopic (exact) mass is 264 g/mol. The summed E-state index contributed by atoms with van der Waals surface area (Å²) in [6.07, 6.45) is 2.29. The van der Waals surface area contributed by atoms with Crippen molar-refractivity contribution in [3.63, 3.8) is 0 Å². The maximum absolute atomic E-state index is 5.80. The van der Waals surface area contributed by atoms with Crippen LogP contribution in [0, 0.1) is 5.92 Å². The quantitative estimate of drug-likeness (QED) is 0.726. The summed E-state index contributed by atoms with van der Waals surface area (Å²) >= 11 is 0. The molecule has 108 valence electrons. The lowest BCUT2D eigenvalue weighted by Gasteiger charge is -2.12. The van der Waals surface area contributed by atoms with Gasteiger partial charge in [-0.1, -0.05) is 27.7 Å². The van der Waals surface area contributed by atoms with E-state index in [0.717, 1.165) is 37.1 Å². The van der Waals surface area contributed by atoms with E-state index in [2.05, 4.69) is 44.1 Å². The number of nitrogens with one attached hydrogen (secondary N) is 1. The van der Waals surface area contributed by atoms with E-state index in [0.29, 0.717) is 5.92 Å². The minimum atomic E-state index is 0.426. The first kappa shape index (κ1) is 16.0. The SMILES string of the molecule is CNCc1cc(OCCCC(C)C)nc(C(C)C)c1. The molecule has 0 aromatic carbocycles. The van der Waals surface area contributed by atoms with E-state index < -0.39 is 0 Å². The van der Waals surface area contributed by atoms with Gasteiger partial charge in [-0.2, -0.15) is 0 Å². The van der Waals surface area contributed by atoms with Crippen LogP contribution in [0.3, 0.4) is 0 Å². The van der Waals surface area contributed by atoms with Crippen molar-refractivity contribution in [2.24, 2.45) is 5.92 Å². The van der Waals surface area contributed by atoms with Crippen LogP contribution in [0.1, 0.15) is 57.7 Å². The van der Waals surface area contributed by atoms with Gasteiger partial charge in [-0.15, -0.1) is 0 Å². The number of rotatable bonds is 8. The summed E-state index contributed by atoms with van der Waals surface area (Å²) in [5, 5.41) is 3.18. The lowest BCUT2D eigenvalue weighted by Crippen LogP contribution is -2.08. The van der Waals surface area contributed by atoms with Crippen molar-refractivity contribution in [1.29, 1.82) is 0 Å². The molecule has 0 amide bonds. The molecule has 0 bridgehead atoms. The van der Waals surface area contributed by atoms with Crippen LogP contribution in [0.4, 0.5) is 0 Å². The van der Waals surface area contributed by atoms with E-state index >= 15 is 0 Å². The van der Waals surface area contributed by atoms with Crippen LogP contribution < -0.4 is 10.1 Å². The lowest BCUT2D eigenvalue weighted by molar-refractivity contribution is 0.286. The molecular weight excluding hydrogens is 236 g/mol. The second-order valence-corrected chi connectivity index (χ2v) is 5.81. The number of hydrogen-bond donors (Lipinski definition) is 1. The van der Waals surface area contributed by atoms with Gasteiger partial charge in [0.05, 0.1) is 6.61 Å². The minimum absolute atomic E-state index is 0.426. The first-order valence-electron chi connectivity index (χ1n) is 7.31. The zero-order valence-corrected chi connectivity index (χ0v) is 13.0. The van der Waals surface area contributed by atoms with Crippen LogP contribution in [-0.4, -0.2) is 18.6 Å². The van der Waals surface area contributed by atoms with Crippen LogP contribution >= 0.6 is 0 Å². The zero-order valence-electron chi connectivity index (χ0n) is 13.0. The highest BCUT2D eigenvalue weighted by Gasteiger charge is 2.07. The molecule has 1 aromatic rings. The van der Waals surface area contributed by atoms with Gasteiger partial charge in [0.2, 0.25) is 5.88 Å². The second-order valence-electron chi connectivity index (χ2n) is 5.81. The number of pyridine rings is 1. The molecule has 1 rings (SSSR count). The molecule has 0 radical (unpaired) electrons. The number of aromatic nitrogens is 1. The average Bonchev–Trinajstić information content (AvgIpc) is 2.34. The molecule has 19 heavy (non-hydrogen) atoms. The van der Waals surface area contributed by atoms with Crippen molar-refractivity contribution in [3.05, 3.63) is 23.4 Å². The van der Waals surface area contributed by atoms with E-state index in [1.807, 2.05) is 13.1 Å². The highest BCUT2D eigenvalue weighted by molar-refractivity contribution is 5.26. The molecule has 1 heterocycles. The third-order valence-corrected chi connectivity index (χ3v) is 3.03. The Bertz CT molecular complexity index is 375. The largest absolute Gasteiger partial charge is 0.478 e.